The molecule has 0 radical (unpaired) electrons. The van der Waals surface area contributed by atoms with Gasteiger partial charge < -0.3 is 9.88 Å². The van der Waals surface area contributed by atoms with Crippen molar-refractivity contribution >= 4 is 42.9 Å². The molecule has 2 aromatic rings. The first kappa shape index (κ1) is 14.2. The largest absolute Gasteiger partial charge is 0.327 e. The molecule has 21 heavy (non-hydrogen) atoms. The number of hydrogen-bond donors (Lipinski definition) is 1. The number of nitrogens with one attached hydrogen (secondary N) is 1. The molecular formula is C16H19Br2N3. The molecule has 0 amide bonds. The molecule has 1 unspecified atom stereocenters. The van der Waals surface area contributed by atoms with Gasteiger partial charge in [0.2, 0.25) is 0 Å². The van der Waals surface area contributed by atoms with Crippen LogP contribution in [0.15, 0.2) is 8.95 Å². The average Bonchev–Trinajstić information content (AvgIpc) is 2.92. The van der Waals surface area contributed by atoms with E-state index in [1.54, 1.807) is 0 Å². The maximum Gasteiger partial charge on any atom is 0.114 e. The van der Waals surface area contributed by atoms with Crippen molar-refractivity contribution in [1.29, 1.82) is 0 Å². The Morgan fingerprint density at radius 3 is 2.86 bits per heavy atom. The number of aromatic nitrogens is 2. The van der Waals surface area contributed by atoms with Gasteiger partial charge in [-0.25, -0.2) is 4.98 Å². The summed E-state index contributed by atoms with van der Waals surface area (Å²) in [6.45, 7) is 5.50. The molecule has 0 aliphatic carbocycles. The van der Waals surface area contributed by atoms with Crippen LogP contribution in [0.5, 0.6) is 0 Å². The lowest BCUT2D eigenvalue weighted by Gasteiger charge is -2.25. The third kappa shape index (κ3) is 2.12. The van der Waals surface area contributed by atoms with Crippen LogP contribution in [-0.2, 0) is 13.0 Å². The van der Waals surface area contributed by atoms with E-state index >= 15 is 0 Å². The first-order chi connectivity index (χ1) is 10.2. The molecular weight excluding hydrogens is 394 g/mol. The van der Waals surface area contributed by atoms with Crippen molar-refractivity contribution in [2.24, 2.45) is 0 Å². The number of imidazole rings is 1. The lowest BCUT2D eigenvalue weighted by molar-refractivity contribution is 0.430. The van der Waals surface area contributed by atoms with Crippen molar-refractivity contribution in [3.05, 3.63) is 25.9 Å². The molecule has 1 aromatic heterocycles. The highest BCUT2D eigenvalue weighted by Gasteiger charge is 2.28. The Kier molecular flexibility index (Phi) is 3.63. The van der Waals surface area contributed by atoms with Crippen LogP contribution in [0.1, 0.15) is 42.1 Å². The quantitative estimate of drug-likeness (QED) is 0.757. The zero-order chi connectivity index (χ0) is 14.6. The van der Waals surface area contributed by atoms with Gasteiger partial charge in [-0.1, -0.05) is 0 Å². The van der Waals surface area contributed by atoms with Gasteiger partial charge in [-0.05, 0) is 82.1 Å². The fraction of sp³-hybridized carbons (Fsp3) is 0.562. The topological polar surface area (TPSA) is 29.9 Å². The summed E-state index contributed by atoms with van der Waals surface area (Å²) in [5.74, 6) is 1.86. The highest BCUT2D eigenvalue weighted by Crippen LogP contribution is 2.41. The Balaban J connectivity index is 1.98. The standard InChI is InChI=1S/C16H19Br2N3/c1-9-12(17)13(18)11-5-3-7-21-15(11)14(9)20-16(21)10-4-2-6-19-8-10/h10,19H,2-8H2,1H3. The number of piperidine rings is 1. The van der Waals surface area contributed by atoms with E-state index in [0.29, 0.717) is 5.92 Å². The fourth-order valence-electron chi connectivity index (χ4n) is 3.79. The van der Waals surface area contributed by atoms with E-state index in [1.807, 2.05) is 0 Å². The summed E-state index contributed by atoms with van der Waals surface area (Å²) in [5.41, 5.74) is 5.25. The fourth-order valence-corrected chi connectivity index (χ4v) is 4.91. The molecule has 1 fully saturated rings. The van der Waals surface area contributed by atoms with Gasteiger partial charge in [0.25, 0.3) is 0 Å². The smallest absolute Gasteiger partial charge is 0.114 e. The third-order valence-electron chi connectivity index (χ3n) is 4.90. The normalized spacial score (nSPS) is 22.0. The van der Waals surface area contributed by atoms with Crippen LogP contribution in [0.3, 0.4) is 0 Å². The zero-order valence-corrected chi connectivity index (χ0v) is 15.3. The van der Waals surface area contributed by atoms with Crippen LogP contribution >= 0.6 is 31.9 Å². The maximum atomic E-state index is 5.08. The SMILES string of the molecule is Cc1c(Br)c(Br)c2c3c1nc(C1CCCNC1)n3CCC2. The molecule has 1 saturated heterocycles. The van der Waals surface area contributed by atoms with Crippen LogP contribution in [-0.4, -0.2) is 22.6 Å². The van der Waals surface area contributed by atoms with Gasteiger partial charge in [-0.3, -0.25) is 0 Å². The van der Waals surface area contributed by atoms with Crippen molar-refractivity contribution < 1.29 is 0 Å². The van der Waals surface area contributed by atoms with Crippen molar-refractivity contribution in [3.8, 4) is 0 Å². The molecule has 0 saturated carbocycles. The minimum Gasteiger partial charge on any atom is -0.327 e. The maximum absolute atomic E-state index is 5.08. The van der Waals surface area contributed by atoms with E-state index in [0.717, 1.165) is 26.1 Å². The lowest BCUT2D eigenvalue weighted by Crippen LogP contribution is -2.30. The van der Waals surface area contributed by atoms with Crippen LogP contribution < -0.4 is 5.32 Å². The van der Waals surface area contributed by atoms with Crippen molar-refractivity contribution in [3.63, 3.8) is 0 Å². The number of halogens is 2. The molecule has 1 aromatic carbocycles. The van der Waals surface area contributed by atoms with Gasteiger partial charge in [-0.2, -0.15) is 0 Å². The summed E-state index contributed by atoms with van der Waals surface area (Å²) in [5, 5.41) is 3.53. The van der Waals surface area contributed by atoms with E-state index in [2.05, 4.69) is 48.7 Å². The van der Waals surface area contributed by atoms with E-state index < -0.39 is 0 Å². The number of nitrogens with zero attached hydrogens (tertiary/aromatic N) is 2. The summed E-state index contributed by atoms with van der Waals surface area (Å²) < 4.78 is 4.89. The zero-order valence-electron chi connectivity index (χ0n) is 12.2. The molecule has 1 atom stereocenters. The Hall–Kier alpha value is -0.390. The molecule has 2 aliphatic heterocycles. The van der Waals surface area contributed by atoms with Gasteiger partial charge >= 0.3 is 0 Å². The van der Waals surface area contributed by atoms with E-state index in [-0.39, 0.29) is 0 Å². The minimum absolute atomic E-state index is 0.564. The molecule has 3 heterocycles. The number of aryl methyl sites for hydroxylation is 3. The van der Waals surface area contributed by atoms with E-state index in [1.165, 1.54) is 56.2 Å². The Labute approximate surface area is 141 Å². The molecule has 3 nitrogen and oxygen atoms in total. The molecule has 2 aliphatic rings. The second-order valence-electron chi connectivity index (χ2n) is 6.20. The number of rotatable bonds is 1. The van der Waals surface area contributed by atoms with Crippen molar-refractivity contribution in [2.45, 2.75) is 45.1 Å². The van der Waals surface area contributed by atoms with Crippen LogP contribution in [0, 0.1) is 6.92 Å². The van der Waals surface area contributed by atoms with Gasteiger partial charge in [0.15, 0.2) is 0 Å². The summed E-state index contributed by atoms with van der Waals surface area (Å²) >= 11 is 7.52. The third-order valence-corrected chi connectivity index (χ3v) is 7.29. The Morgan fingerprint density at radius 2 is 2.10 bits per heavy atom. The second-order valence-corrected chi connectivity index (χ2v) is 7.78. The molecule has 112 valence electrons. The predicted octanol–water partition coefficient (Wildman–Crippen LogP) is 4.28. The first-order valence-corrected chi connectivity index (χ1v) is 9.34. The summed E-state index contributed by atoms with van der Waals surface area (Å²) in [4.78, 5) is 5.08. The molecule has 1 N–H and O–H groups in total. The van der Waals surface area contributed by atoms with Crippen molar-refractivity contribution in [1.82, 2.24) is 14.9 Å². The van der Waals surface area contributed by atoms with Crippen molar-refractivity contribution in [2.75, 3.05) is 13.1 Å². The highest BCUT2D eigenvalue weighted by molar-refractivity contribution is 9.13. The van der Waals surface area contributed by atoms with Gasteiger partial charge in [0.05, 0.1) is 11.0 Å². The van der Waals surface area contributed by atoms with E-state index in [9.17, 15) is 0 Å². The number of hydrogen-bond acceptors (Lipinski definition) is 2. The highest BCUT2D eigenvalue weighted by atomic mass is 79.9. The van der Waals surface area contributed by atoms with Gasteiger partial charge in [-0.15, -0.1) is 0 Å². The number of benzene rings is 1. The summed E-state index contributed by atoms with van der Waals surface area (Å²) in [7, 11) is 0. The average molecular weight is 413 g/mol. The second kappa shape index (κ2) is 5.36. The summed E-state index contributed by atoms with van der Waals surface area (Å²) in [6, 6.07) is 0. The molecule has 4 rings (SSSR count). The van der Waals surface area contributed by atoms with Gasteiger partial charge in [0, 0.05) is 28.0 Å². The van der Waals surface area contributed by atoms with E-state index in [4.69, 9.17) is 4.98 Å². The minimum atomic E-state index is 0.564. The molecule has 5 heteroatoms. The Bertz CT molecular complexity index is 714. The molecule has 0 bridgehead atoms. The Morgan fingerprint density at radius 1 is 1.24 bits per heavy atom. The van der Waals surface area contributed by atoms with Gasteiger partial charge in [0.1, 0.15) is 5.82 Å². The first-order valence-electron chi connectivity index (χ1n) is 7.75. The lowest BCUT2D eigenvalue weighted by atomic mass is 9.98. The predicted molar refractivity (Wildman–Crippen MR) is 93.0 cm³/mol. The summed E-state index contributed by atoms with van der Waals surface area (Å²) in [6.07, 6.45) is 4.86. The van der Waals surface area contributed by atoms with Crippen LogP contribution in [0.4, 0.5) is 0 Å². The van der Waals surface area contributed by atoms with Crippen LogP contribution in [0.2, 0.25) is 0 Å². The monoisotopic (exact) mass is 411 g/mol. The molecule has 0 spiro atoms. The van der Waals surface area contributed by atoms with Crippen LogP contribution in [0.25, 0.3) is 11.0 Å².